The van der Waals surface area contributed by atoms with E-state index < -0.39 is 5.60 Å². The van der Waals surface area contributed by atoms with E-state index in [4.69, 9.17) is 36.3 Å². The van der Waals surface area contributed by atoms with Crippen LogP contribution in [0.2, 0.25) is 5.02 Å². The van der Waals surface area contributed by atoms with Crippen molar-refractivity contribution in [1.29, 1.82) is 0 Å². The number of nitrogens with one attached hydrogen (secondary N) is 6. The number of halogens is 1. The minimum absolute atomic E-state index is 0.270. The van der Waals surface area contributed by atoms with Crippen LogP contribution >= 0.6 is 11.6 Å². The molecule has 0 spiro atoms. The van der Waals surface area contributed by atoms with Crippen molar-refractivity contribution in [3.05, 3.63) is 166 Å². The van der Waals surface area contributed by atoms with Crippen molar-refractivity contribution in [2.75, 3.05) is 111 Å². The molecule has 8 aromatic rings. The molecule has 2 aliphatic heterocycles. The molecule has 22 heteroatoms. The minimum Gasteiger partial charge on any atom is -0.386 e. The fraction of sp³-hybridized carbons (Fsp3) is 0.322. The average molecular weight is 1120 g/mol. The van der Waals surface area contributed by atoms with E-state index >= 15 is 0 Å². The Morgan fingerprint density at radius 2 is 1.20 bits per heavy atom. The zero-order valence-corrected chi connectivity index (χ0v) is 46.8. The highest BCUT2D eigenvalue weighted by molar-refractivity contribution is 6.31. The van der Waals surface area contributed by atoms with Crippen LogP contribution in [0.1, 0.15) is 68.2 Å². The summed E-state index contributed by atoms with van der Waals surface area (Å²) in [7, 11) is 0. The van der Waals surface area contributed by atoms with E-state index in [1.807, 2.05) is 75.4 Å². The number of benzene rings is 4. The third kappa shape index (κ3) is 14.6. The van der Waals surface area contributed by atoms with Gasteiger partial charge in [0.2, 0.25) is 0 Å². The van der Waals surface area contributed by atoms with Crippen LogP contribution in [0.4, 0.5) is 46.0 Å². The number of aliphatic hydroxyl groups is 1. The van der Waals surface area contributed by atoms with Crippen LogP contribution in [-0.4, -0.2) is 145 Å². The first-order chi connectivity index (χ1) is 39.2. The monoisotopic (exact) mass is 1110 g/mol. The Morgan fingerprint density at radius 1 is 0.617 bits per heavy atom. The van der Waals surface area contributed by atoms with Crippen LogP contribution in [0.3, 0.4) is 0 Å². The van der Waals surface area contributed by atoms with Gasteiger partial charge in [-0.2, -0.15) is 19.6 Å². The molecule has 0 aliphatic carbocycles. The Balaban J connectivity index is 0.978. The normalized spacial score (nSPS) is 14.1. The first kappa shape index (κ1) is 56.0. The van der Waals surface area contributed by atoms with Gasteiger partial charge in [-0.05, 0) is 105 Å². The smallest absolute Gasteiger partial charge is 0.255 e. The van der Waals surface area contributed by atoms with Gasteiger partial charge >= 0.3 is 0 Å². The molecule has 2 amide bonds. The van der Waals surface area contributed by atoms with E-state index in [1.165, 1.54) is 12.7 Å². The van der Waals surface area contributed by atoms with Gasteiger partial charge in [-0.1, -0.05) is 41.9 Å². The lowest BCUT2D eigenvalue weighted by atomic mass is 9.96. The summed E-state index contributed by atoms with van der Waals surface area (Å²) in [6.07, 6.45) is 3.30. The molecule has 7 N–H and O–H groups in total. The number of rotatable bonds is 21. The third-order valence-corrected chi connectivity index (χ3v) is 14.3. The molecule has 2 fully saturated rings. The number of hydrogen-bond acceptors (Lipinski definition) is 17. The molecule has 0 bridgehead atoms. The summed E-state index contributed by atoms with van der Waals surface area (Å²) >= 11 is 6.23. The van der Waals surface area contributed by atoms with E-state index in [0.717, 1.165) is 74.9 Å². The molecule has 6 heterocycles. The highest BCUT2D eigenvalue weighted by Gasteiger charge is 2.22. The van der Waals surface area contributed by atoms with Crippen molar-refractivity contribution in [2.24, 2.45) is 0 Å². The topological polar surface area (TPSA) is 239 Å². The molecule has 2 aliphatic rings. The molecule has 0 radical (unpaired) electrons. The maximum atomic E-state index is 14.4. The molecule has 2 saturated heterocycles. The molecule has 4 aromatic carbocycles. The molecular formula is C59H67ClN16O5. The first-order valence-electron chi connectivity index (χ1n) is 27.1. The van der Waals surface area contributed by atoms with Crippen molar-refractivity contribution < 1.29 is 24.2 Å². The molecule has 0 unspecified atom stereocenters. The van der Waals surface area contributed by atoms with E-state index in [2.05, 4.69) is 56.7 Å². The maximum Gasteiger partial charge on any atom is 0.255 e. The molecular weight excluding hydrogens is 1050 g/mol. The van der Waals surface area contributed by atoms with Crippen molar-refractivity contribution in [3.63, 3.8) is 0 Å². The number of anilines is 8. The summed E-state index contributed by atoms with van der Waals surface area (Å²) in [5.41, 5.74) is 6.69. The van der Waals surface area contributed by atoms with Crippen LogP contribution in [0, 0.1) is 20.8 Å². The largest absolute Gasteiger partial charge is 0.386 e. The molecule has 0 saturated carbocycles. The van der Waals surface area contributed by atoms with Crippen LogP contribution in [0.25, 0.3) is 11.6 Å². The predicted octanol–water partition coefficient (Wildman–Crippen LogP) is 8.51. The SMILES string of the molecule is Cc1cc(Nc2cc(NC(=O)c3cccc(C(C)(C)O)c3)c(Cc3cc(Nc4cc(NC(=O)c5cccc(Cl)c5)ccc4C)n(-c4cc(NCCN5CCOCC5)ncn4)n3)cc2C)n(-c2cc(NCCN3CCOCC3)ncn2)n1. The molecule has 81 heavy (non-hydrogen) atoms. The lowest BCUT2D eigenvalue weighted by Crippen LogP contribution is -2.39. The van der Waals surface area contributed by atoms with Crippen LogP contribution in [0.5, 0.6) is 0 Å². The summed E-state index contributed by atoms with van der Waals surface area (Å²) in [5.74, 6) is 2.92. The number of hydrogen-bond donors (Lipinski definition) is 7. The second-order valence-electron chi connectivity index (χ2n) is 20.6. The number of carbonyl (C=O) groups excluding carboxylic acids is 2. The van der Waals surface area contributed by atoms with Gasteiger partial charge in [0.15, 0.2) is 11.6 Å². The van der Waals surface area contributed by atoms with E-state index in [1.54, 1.807) is 71.7 Å². The Bertz CT molecular complexity index is 3510. The zero-order chi connectivity index (χ0) is 56.5. The van der Waals surface area contributed by atoms with Crippen molar-refractivity contribution in [3.8, 4) is 11.6 Å². The summed E-state index contributed by atoms with van der Waals surface area (Å²) in [5, 5.41) is 41.7. The Labute approximate surface area is 475 Å². The van der Waals surface area contributed by atoms with Crippen LogP contribution in [-0.2, 0) is 21.5 Å². The number of aromatic nitrogens is 8. The summed E-state index contributed by atoms with van der Waals surface area (Å²) in [4.78, 5) is 50.8. The Morgan fingerprint density at radius 3 is 1.83 bits per heavy atom. The third-order valence-electron chi connectivity index (χ3n) is 14.0. The second-order valence-corrected chi connectivity index (χ2v) is 21.1. The molecule has 21 nitrogen and oxygen atoms in total. The first-order valence-corrected chi connectivity index (χ1v) is 27.4. The van der Waals surface area contributed by atoms with Gasteiger partial charge in [0, 0.05) is 122 Å². The number of ether oxygens (including phenoxy) is 2. The summed E-state index contributed by atoms with van der Waals surface area (Å²) in [6, 6.07) is 30.9. The highest BCUT2D eigenvalue weighted by Crippen LogP contribution is 2.34. The van der Waals surface area contributed by atoms with Crippen molar-refractivity contribution in [2.45, 2.75) is 46.6 Å². The lowest BCUT2D eigenvalue weighted by molar-refractivity contribution is 0.0398. The van der Waals surface area contributed by atoms with E-state index in [9.17, 15) is 14.7 Å². The minimum atomic E-state index is -1.17. The fourth-order valence-corrected chi connectivity index (χ4v) is 9.73. The number of aryl methyl sites for hydroxylation is 3. The quantitative estimate of drug-likeness (QED) is 0.0357. The van der Waals surface area contributed by atoms with Gasteiger partial charge in [0.1, 0.15) is 35.9 Å². The molecule has 420 valence electrons. The molecule has 0 atom stereocenters. The fourth-order valence-electron chi connectivity index (χ4n) is 9.54. The number of morpholine rings is 2. The highest BCUT2D eigenvalue weighted by atomic mass is 35.5. The summed E-state index contributed by atoms with van der Waals surface area (Å²) in [6.45, 7) is 18.7. The van der Waals surface area contributed by atoms with Gasteiger partial charge in [-0.3, -0.25) is 19.4 Å². The molecule has 4 aromatic heterocycles. The van der Waals surface area contributed by atoms with E-state index in [-0.39, 0.29) is 18.2 Å². The van der Waals surface area contributed by atoms with Gasteiger partial charge in [-0.25, -0.2) is 19.9 Å². The van der Waals surface area contributed by atoms with Gasteiger partial charge < -0.3 is 46.5 Å². The van der Waals surface area contributed by atoms with Crippen LogP contribution < -0.4 is 31.9 Å². The Hall–Kier alpha value is -8.31. The number of nitrogens with zero attached hydrogens (tertiary/aromatic N) is 10. The number of carbonyl (C=O) groups is 2. The maximum absolute atomic E-state index is 14.4. The van der Waals surface area contributed by atoms with E-state index in [0.29, 0.717) is 111 Å². The van der Waals surface area contributed by atoms with Crippen molar-refractivity contribution in [1.82, 2.24) is 49.3 Å². The predicted molar refractivity (Wildman–Crippen MR) is 315 cm³/mol. The van der Waals surface area contributed by atoms with Gasteiger partial charge in [0.05, 0.1) is 43.4 Å². The second kappa shape index (κ2) is 25.4. The average Bonchev–Trinajstić information content (AvgIpc) is 4.07. The standard InChI is InChI=1S/C59H67ClN16O5/c1-38-12-13-46(67-57(77)42-9-7-11-45(60)29-42)31-48(38)68-56-32-47(72-76(56)54-35-52(64-37-66-54)62-15-17-74-20-24-81-25-21-74)30-43-26-39(2)49(33-50(43)70-58(78)41-8-6-10-44(28-41)59(4,5)79)69-55-27-40(3)71-75(55)53-34-51(63-36-65-53)61-14-16-73-18-22-80-23-19-73/h6-13,26-29,31-37,68-69,79H,14-25,30H2,1-5H3,(H,67,77)(H,70,78)(H,61,63,65)(H,62,64,66). The lowest BCUT2D eigenvalue weighted by Gasteiger charge is -2.26. The zero-order valence-electron chi connectivity index (χ0n) is 46.1. The van der Waals surface area contributed by atoms with Crippen molar-refractivity contribution >= 4 is 69.4 Å². The van der Waals surface area contributed by atoms with Gasteiger partial charge in [0.25, 0.3) is 11.8 Å². The van der Waals surface area contributed by atoms with Crippen LogP contribution in [0.15, 0.2) is 116 Å². The Kier molecular flexibility index (Phi) is 17.6. The summed E-state index contributed by atoms with van der Waals surface area (Å²) < 4.78 is 14.5. The number of amides is 2. The molecule has 10 rings (SSSR count). The van der Waals surface area contributed by atoms with Gasteiger partial charge in [-0.15, -0.1) is 0 Å².